The fraction of sp³-hybridized carbons (Fsp3) is 0.444. The third-order valence-corrected chi connectivity index (χ3v) is 3.83. The molecule has 0 N–H and O–H groups in total. The Labute approximate surface area is 151 Å². The maximum atomic E-state index is 12.3. The van der Waals surface area contributed by atoms with Crippen molar-refractivity contribution >= 4 is 23.7 Å². The van der Waals surface area contributed by atoms with Crippen molar-refractivity contribution in [3.05, 3.63) is 35.9 Å². The number of hydrogen-bond donors (Lipinski definition) is 0. The van der Waals surface area contributed by atoms with Crippen molar-refractivity contribution in [1.82, 2.24) is 4.90 Å². The maximum absolute atomic E-state index is 12.3. The number of carbonyl (C=O) groups is 3. The van der Waals surface area contributed by atoms with Gasteiger partial charge < -0.3 is 14.2 Å². The van der Waals surface area contributed by atoms with Gasteiger partial charge in [0, 0.05) is 19.2 Å². The minimum absolute atomic E-state index is 0.0407. The molecule has 1 aromatic rings. The van der Waals surface area contributed by atoms with Crippen LogP contribution in [0.15, 0.2) is 35.3 Å². The Balaban J connectivity index is 1.96. The lowest BCUT2D eigenvalue weighted by Gasteiger charge is -2.20. The molecule has 0 bridgehead atoms. The van der Waals surface area contributed by atoms with Gasteiger partial charge in [0.15, 0.2) is 6.73 Å². The molecule has 8 nitrogen and oxygen atoms in total. The molecule has 140 valence electrons. The highest BCUT2D eigenvalue weighted by Gasteiger charge is 2.39. The number of amides is 1. The Morgan fingerprint density at radius 3 is 2.65 bits per heavy atom. The van der Waals surface area contributed by atoms with Gasteiger partial charge >= 0.3 is 18.0 Å². The highest BCUT2D eigenvalue weighted by molar-refractivity contribution is 6.01. The van der Waals surface area contributed by atoms with Crippen molar-refractivity contribution in [2.75, 3.05) is 20.4 Å². The first-order valence-corrected chi connectivity index (χ1v) is 8.29. The lowest BCUT2D eigenvalue weighted by Crippen LogP contribution is -2.40. The zero-order chi connectivity index (χ0) is 18.9. The summed E-state index contributed by atoms with van der Waals surface area (Å²) in [5.74, 6) is -0.982. The molecule has 0 radical (unpaired) electrons. The first-order valence-electron chi connectivity index (χ1n) is 8.29. The third kappa shape index (κ3) is 5.30. The van der Waals surface area contributed by atoms with E-state index in [0.29, 0.717) is 5.71 Å². The van der Waals surface area contributed by atoms with Gasteiger partial charge in [0.1, 0.15) is 12.6 Å². The van der Waals surface area contributed by atoms with Gasteiger partial charge in [0.05, 0.1) is 13.0 Å². The number of carbonyl (C=O) groups excluding carboxylic acids is 3. The number of aliphatic imine (C=N–C) groups is 1. The average molecular weight is 362 g/mol. The Bertz CT molecular complexity index is 674. The second-order valence-corrected chi connectivity index (χ2v) is 5.59. The highest BCUT2D eigenvalue weighted by Crippen LogP contribution is 2.18. The van der Waals surface area contributed by atoms with E-state index in [1.54, 1.807) is 6.92 Å². The van der Waals surface area contributed by atoms with Crippen molar-refractivity contribution in [2.45, 2.75) is 32.4 Å². The van der Waals surface area contributed by atoms with E-state index in [1.807, 2.05) is 30.3 Å². The van der Waals surface area contributed by atoms with Crippen LogP contribution < -0.4 is 0 Å². The van der Waals surface area contributed by atoms with Crippen molar-refractivity contribution in [2.24, 2.45) is 4.99 Å². The second-order valence-electron chi connectivity index (χ2n) is 5.59. The monoisotopic (exact) mass is 362 g/mol. The lowest BCUT2D eigenvalue weighted by atomic mass is 10.1. The van der Waals surface area contributed by atoms with Crippen LogP contribution in [-0.2, 0) is 30.4 Å². The number of hydrogen-bond acceptors (Lipinski definition) is 7. The smallest absolute Gasteiger partial charge is 0.413 e. The van der Waals surface area contributed by atoms with Gasteiger partial charge in [-0.1, -0.05) is 30.3 Å². The molecule has 0 saturated carbocycles. The molecule has 26 heavy (non-hydrogen) atoms. The Kier molecular flexibility index (Phi) is 7.13. The predicted molar refractivity (Wildman–Crippen MR) is 92.4 cm³/mol. The van der Waals surface area contributed by atoms with Crippen molar-refractivity contribution in [3.8, 4) is 0 Å². The molecule has 1 fully saturated rings. The van der Waals surface area contributed by atoms with Crippen LogP contribution in [0.5, 0.6) is 0 Å². The molecular weight excluding hydrogens is 340 g/mol. The normalized spacial score (nSPS) is 17.0. The Morgan fingerprint density at radius 2 is 2.00 bits per heavy atom. The van der Waals surface area contributed by atoms with Gasteiger partial charge in [-0.2, -0.15) is 0 Å². The maximum Gasteiger partial charge on any atom is 0.413 e. The molecule has 1 aromatic carbocycles. The van der Waals surface area contributed by atoms with E-state index in [4.69, 9.17) is 14.2 Å². The van der Waals surface area contributed by atoms with Crippen molar-refractivity contribution in [3.63, 3.8) is 0 Å². The summed E-state index contributed by atoms with van der Waals surface area (Å²) in [4.78, 5) is 41.1. The van der Waals surface area contributed by atoms with Gasteiger partial charge in [-0.3, -0.25) is 14.7 Å². The molecule has 0 aromatic heterocycles. The van der Waals surface area contributed by atoms with Crippen LogP contribution in [0.2, 0.25) is 0 Å². The summed E-state index contributed by atoms with van der Waals surface area (Å²) < 4.78 is 15.1. The summed E-state index contributed by atoms with van der Waals surface area (Å²) in [5.41, 5.74) is 1.29. The number of esters is 2. The highest BCUT2D eigenvalue weighted by atomic mass is 16.6. The number of rotatable bonds is 7. The first-order chi connectivity index (χ1) is 12.5. The Hall–Kier alpha value is -2.90. The molecule has 8 heteroatoms. The first kappa shape index (κ1) is 19.4. The fourth-order valence-corrected chi connectivity index (χ4v) is 2.47. The quantitative estimate of drug-likeness (QED) is 0.418. The van der Waals surface area contributed by atoms with Gasteiger partial charge in [-0.15, -0.1) is 0 Å². The molecule has 0 aliphatic carbocycles. The zero-order valence-corrected chi connectivity index (χ0v) is 14.8. The van der Waals surface area contributed by atoms with E-state index in [1.165, 1.54) is 11.9 Å². The summed E-state index contributed by atoms with van der Waals surface area (Å²) in [5, 5.41) is 0. The van der Waals surface area contributed by atoms with E-state index >= 15 is 0 Å². The second kappa shape index (κ2) is 9.55. The van der Waals surface area contributed by atoms with E-state index in [0.717, 1.165) is 5.56 Å². The zero-order valence-electron chi connectivity index (χ0n) is 14.8. The van der Waals surface area contributed by atoms with Gasteiger partial charge in [0.2, 0.25) is 0 Å². The minimum Gasteiger partial charge on any atom is -0.466 e. The SMILES string of the molecule is CCOC(=O)CC(C[C@H]1C(=O)OCN1C(=O)OCc1ccccc1)=NC. The largest absolute Gasteiger partial charge is 0.466 e. The van der Waals surface area contributed by atoms with Gasteiger partial charge in [0.25, 0.3) is 0 Å². The molecule has 1 saturated heterocycles. The average Bonchev–Trinajstić information content (AvgIpc) is 3.00. The minimum atomic E-state index is -0.869. The standard InChI is InChI=1S/C18H22N2O6/c1-3-24-16(21)10-14(19-2)9-15-17(22)26-12-20(15)18(23)25-11-13-7-5-4-6-8-13/h4-8,15H,3,9-12H2,1-2H3/t15-/m0/s1. The Morgan fingerprint density at radius 1 is 1.27 bits per heavy atom. The predicted octanol–water partition coefficient (Wildman–Crippen LogP) is 1.92. The van der Waals surface area contributed by atoms with Gasteiger partial charge in [-0.25, -0.2) is 9.59 Å². The summed E-state index contributed by atoms with van der Waals surface area (Å²) in [6, 6.07) is 8.34. The summed E-state index contributed by atoms with van der Waals surface area (Å²) in [7, 11) is 1.52. The number of ether oxygens (including phenoxy) is 3. The van der Waals surface area contributed by atoms with Crippen LogP contribution in [-0.4, -0.2) is 55.1 Å². The molecular formula is C18H22N2O6. The number of nitrogens with zero attached hydrogens (tertiary/aromatic N) is 2. The molecule has 0 spiro atoms. The van der Waals surface area contributed by atoms with Crippen LogP contribution in [0.3, 0.4) is 0 Å². The van der Waals surface area contributed by atoms with E-state index in [9.17, 15) is 14.4 Å². The van der Waals surface area contributed by atoms with Crippen molar-refractivity contribution < 1.29 is 28.6 Å². The van der Waals surface area contributed by atoms with E-state index in [-0.39, 0.29) is 32.8 Å². The van der Waals surface area contributed by atoms with E-state index < -0.39 is 24.1 Å². The summed E-state index contributed by atoms with van der Waals surface area (Å²) >= 11 is 0. The number of benzene rings is 1. The topological polar surface area (TPSA) is 94.5 Å². The molecule has 1 aliphatic heterocycles. The van der Waals surface area contributed by atoms with Crippen LogP contribution in [0.4, 0.5) is 4.79 Å². The van der Waals surface area contributed by atoms with Crippen molar-refractivity contribution in [1.29, 1.82) is 0 Å². The molecule has 1 amide bonds. The van der Waals surface area contributed by atoms with Crippen LogP contribution in [0.1, 0.15) is 25.3 Å². The summed E-state index contributed by atoms with van der Waals surface area (Å²) in [6.45, 7) is 1.88. The van der Waals surface area contributed by atoms with Crippen LogP contribution in [0, 0.1) is 0 Å². The molecule has 1 aliphatic rings. The molecule has 0 unspecified atom stereocenters. The molecule has 1 heterocycles. The molecule has 1 atom stereocenters. The van der Waals surface area contributed by atoms with Crippen LogP contribution >= 0.6 is 0 Å². The fourth-order valence-electron chi connectivity index (χ4n) is 2.47. The lowest BCUT2D eigenvalue weighted by molar-refractivity contribution is -0.142. The van der Waals surface area contributed by atoms with Crippen LogP contribution in [0.25, 0.3) is 0 Å². The van der Waals surface area contributed by atoms with E-state index in [2.05, 4.69) is 4.99 Å². The summed E-state index contributed by atoms with van der Waals surface area (Å²) in [6.07, 6.45) is -0.605. The van der Waals surface area contributed by atoms with Gasteiger partial charge in [-0.05, 0) is 12.5 Å². The number of cyclic esters (lactones) is 1. The molecule has 2 rings (SSSR count). The third-order valence-electron chi connectivity index (χ3n) is 3.83.